The quantitative estimate of drug-likeness (QED) is 0.601. The van der Waals surface area contributed by atoms with Gasteiger partial charge in [-0.1, -0.05) is 48.5 Å². The predicted octanol–water partition coefficient (Wildman–Crippen LogP) is 2.62. The second-order valence-corrected chi connectivity index (χ2v) is 5.21. The van der Waals surface area contributed by atoms with Crippen molar-refractivity contribution in [3.05, 3.63) is 77.8 Å². The van der Waals surface area contributed by atoms with Gasteiger partial charge in [-0.15, -0.1) is 0 Å². The van der Waals surface area contributed by atoms with Gasteiger partial charge in [0.2, 0.25) is 11.8 Å². The largest absolute Gasteiger partial charge is 0.407 e. The zero-order valence-corrected chi connectivity index (χ0v) is 12.1. The molecule has 1 fully saturated rings. The molecule has 0 unspecified atom stereocenters. The first kappa shape index (κ1) is 13.5. The molecule has 0 saturated carbocycles. The Kier molecular flexibility index (Phi) is 3.05. The first-order valence-electron chi connectivity index (χ1n) is 7.20. The van der Waals surface area contributed by atoms with Gasteiger partial charge >= 0.3 is 5.97 Å². The van der Waals surface area contributed by atoms with Crippen LogP contribution in [0.5, 0.6) is 0 Å². The second kappa shape index (κ2) is 5.21. The van der Waals surface area contributed by atoms with Gasteiger partial charge in [0, 0.05) is 11.1 Å². The molecule has 112 valence electrons. The van der Waals surface area contributed by atoms with E-state index in [0.29, 0.717) is 5.69 Å². The Morgan fingerprint density at radius 2 is 1.70 bits per heavy atom. The van der Waals surface area contributed by atoms with Gasteiger partial charge in [-0.3, -0.25) is 9.59 Å². The lowest BCUT2D eigenvalue weighted by Crippen LogP contribution is -2.39. The molecule has 0 aromatic heterocycles. The lowest BCUT2D eigenvalue weighted by atomic mass is 10.00. The first-order chi connectivity index (χ1) is 11.2. The standard InChI is InChI=1S/C18H12N2O3/c21-15-10-17(22)23-16-11-19-18(12-6-2-1-3-7-12)13-8-4-5-9-14(13)20(15)16/h1-9,11H,10H2. The molecule has 23 heavy (non-hydrogen) atoms. The fraction of sp³-hybridized carbons (Fsp3) is 0.0556. The van der Waals surface area contributed by atoms with Crippen LogP contribution in [0.4, 0.5) is 5.69 Å². The number of para-hydroxylation sites is 1. The van der Waals surface area contributed by atoms with E-state index in [0.717, 1.165) is 16.8 Å². The van der Waals surface area contributed by atoms with Crippen molar-refractivity contribution in [1.82, 2.24) is 0 Å². The number of benzene rings is 2. The van der Waals surface area contributed by atoms with Crippen molar-refractivity contribution in [3.8, 4) is 0 Å². The summed E-state index contributed by atoms with van der Waals surface area (Å²) in [5, 5.41) is 0. The highest BCUT2D eigenvalue weighted by molar-refractivity contribution is 6.19. The number of esters is 1. The number of fused-ring (bicyclic) bond motifs is 3. The van der Waals surface area contributed by atoms with Crippen molar-refractivity contribution in [2.75, 3.05) is 4.90 Å². The number of rotatable bonds is 1. The van der Waals surface area contributed by atoms with Gasteiger partial charge in [-0.2, -0.15) is 0 Å². The molecular weight excluding hydrogens is 292 g/mol. The van der Waals surface area contributed by atoms with Crippen LogP contribution >= 0.6 is 0 Å². The molecule has 0 aliphatic carbocycles. The summed E-state index contributed by atoms with van der Waals surface area (Å²) in [5.74, 6) is -0.734. The van der Waals surface area contributed by atoms with Crippen molar-refractivity contribution in [1.29, 1.82) is 0 Å². The minimum absolute atomic E-state index is 0.143. The molecule has 2 aromatic carbocycles. The number of amides is 1. The predicted molar refractivity (Wildman–Crippen MR) is 84.8 cm³/mol. The van der Waals surface area contributed by atoms with Crippen molar-refractivity contribution in [2.45, 2.75) is 6.42 Å². The maximum Gasteiger partial charge on any atom is 0.322 e. The van der Waals surface area contributed by atoms with E-state index >= 15 is 0 Å². The molecule has 4 rings (SSSR count). The van der Waals surface area contributed by atoms with Crippen LogP contribution < -0.4 is 4.90 Å². The lowest BCUT2D eigenvalue weighted by Gasteiger charge is -2.28. The van der Waals surface area contributed by atoms with E-state index in [1.54, 1.807) is 0 Å². The van der Waals surface area contributed by atoms with Gasteiger partial charge in [-0.25, -0.2) is 9.89 Å². The summed E-state index contributed by atoms with van der Waals surface area (Å²) in [7, 11) is 0. The fourth-order valence-electron chi connectivity index (χ4n) is 2.75. The number of aliphatic imine (C=N–C) groups is 1. The molecular formula is C18H12N2O3. The van der Waals surface area contributed by atoms with E-state index in [-0.39, 0.29) is 18.2 Å². The zero-order valence-electron chi connectivity index (χ0n) is 12.1. The Balaban J connectivity index is 1.94. The van der Waals surface area contributed by atoms with Crippen LogP contribution in [0.25, 0.3) is 0 Å². The van der Waals surface area contributed by atoms with Crippen molar-refractivity contribution < 1.29 is 14.3 Å². The normalized spacial score (nSPS) is 16.6. The van der Waals surface area contributed by atoms with Crippen molar-refractivity contribution in [2.24, 2.45) is 4.99 Å². The highest BCUT2D eigenvalue weighted by Gasteiger charge is 2.34. The summed E-state index contributed by atoms with van der Waals surface area (Å²) < 4.78 is 5.20. The number of carbonyl (C=O) groups excluding carboxylic acids is 2. The van der Waals surface area contributed by atoms with E-state index < -0.39 is 5.97 Å². The molecule has 1 saturated heterocycles. The molecule has 0 bridgehead atoms. The number of hydrogen-bond donors (Lipinski definition) is 0. The first-order valence-corrected chi connectivity index (χ1v) is 7.20. The third kappa shape index (κ3) is 2.23. The van der Waals surface area contributed by atoms with Crippen LogP contribution in [-0.4, -0.2) is 17.6 Å². The maximum atomic E-state index is 12.3. The van der Waals surface area contributed by atoms with E-state index in [9.17, 15) is 9.59 Å². The van der Waals surface area contributed by atoms with Crippen LogP contribution in [0, 0.1) is 0 Å². The summed E-state index contributed by atoms with van der Waals surface area (Å²) in [6, 6.07) is 17.1. The summed E-state index contributed by atoms with van der Waals surface area (Å²) in [5.41, 5.74) is 3.13. The molecule has 2 aliphatic rings. The molecule has 2 aliphatic heterocycles. The number of hydrogen-bond acceptors (Lipinski definition) is 4. The second-order valence-electron chi connectivity index (χ2n) is 5.21. The molecule has 2 aromatic rings. The summed E-state index contributed by atoms with van der Waals surface area (Å²) in [4.78, 5) is 29.8. The molecule has 0 radical (unpaired) electrons. The smallest absolute Gasteiger partial charge is 0.322 e. The molecule has 0 atom stereocenters. The van der Waals surface area contributed by atoms with Crippen molar-refractivity contribution in [3.63, 3.8) is 0 Å². The summed E-state index contributed by atoms with van der Waals surface area (Å²) in [6.07, 6.45) is 1.16. The maximum absolute atomic E-state index is 12.3. The Morgan fingerprint density at radius 3 is 2.52 bits per heavy atom. The Hall–Kier alpha value is -3.21. The van der Waals surface area contributed by atoms with Crippen LogP contribution in [-0.2, 0) is 14.3 Å². The Bertz CT molecular complexity index is 869. The average molecular weight is 304 g/mol. The molecule has 5 nitrogen and oxygen atoms in total. The summed E-state index contributed by atoms with van der Waals surface area (Å²) >= 11 is 0. The summed E-state index contributed by atoms with van der Waals surface area (Å²) in [6.45, 7) is 0. The molecule has 5 heteroatoms. The number of nitrogens with zero attached hydrogens (tertiary/aromatic N) is 2. The van der Waals surface area contributed by atoms with E-state index in [2.05, 4.69) is 4.99 Å². The van der Waals surface area contributed by atoms with Gasteiger partial charge < -0.3 is 4.74 Å². The van der Waals surface area contributed by atoms with E-state index in [4.69, 9.17) is 4.74 Å². The van der Waals surface area contributed by atoms with Crippen LogP contribution in [0.15, 0.2) is 71.7 Å². The van der Waals surface area contributed by atoms with Gasteiger partial charge in [-0.05, 0) is 6.07 Å². The number of anilines is 1. The third-order valence-corrected chi connectivity index (χ3v) is 3.74. The Morgan fingerprint density at radius 1 is 0.957 bits per heavy atom. The van der Waals surface area contributed by atoms with Crippen molar-refractivity contribution >= 4 is 23.3 Å². The van der Waals surface area contributed by atoms with Crippen LogP contribution in [0.2, 0.25) is 0 Å². The van der Waals surface area contributed by atoms with Gasteiger partial charge in [0.15, 0.2) is 0 Å². The van der Waals surface area contributed by atoms with Crippen LogP contribution in [0.1, 0.15) is 17.5 Å². The lowest BCUT2D eigenvalue weighted by molar-refractivity contribution is -0.145. The van der Waals surface area contributed by atoms with Gasteiger partial charge in [0.1, 0.15) is 6.42 Å². The molecule has 2 heterocycles. The third-order valence-electron chi connectivity index (χ3n) is 3.74. The van der Waals surface area contributed by atoms with E-state index in [1.165, 1.54) is 11.1 Å². The van der Waals surface area contributed by atoms with Crippen LogP contribution in [0.3, 0.4) is 0 Å². The monoisotopic (exact) mass is 304 g/mol. The zero-order chi connectivity index (χ0) is 15.8. The van der Waals surface area contributed by atoms with Gasteiger partial charge in [0.05, 0.1) is 17.6 Å². The number of ether oxygens (including phenoxy) is 1. The molecule has 1 amide bonds. The SMILES string of the molecule is O=C1CC(=O)N2C(=CN=C(c3ccccc3)c3ccccc32)O1. The van der Waals surface area contributed by atoms with E-state index in [1.807, 2.05) is 54.6 Å². The Labute approximate surface area is 132 Å². The number of carbonyl (C=O) groups is 2. The minimum atomic E-state index is -0.562. The molecule has 0 spiro atoms. The fourth-order valence-corrected chi connectivity index (χ4v) is 2.75. The average Bonchev–Trinajstić information content (AvgIpc) is 2.72. The molecule has 0 N–H and O–H groups in total. The minimum Gasteiger partial charge on any atom is -0.407 e. The highest BCUT2D eigenvalue weighted by Crippen LogP contribution is 2.32. The topological polar surface area (TPSA) is 59.0 Å². The van der Waals surface area contributed by atoms with Gasteiger partial charge in [0.25, 0.3) is 0 Å². The highest BCUT2D eigenvalue weighted by atomic mass is 16.6.